The van der Waals surface area contributed by atoms with Crippen molar-refractivity contribution in [2.45, 2.75) is 107 Å². The minimum absolute atomic E-state index is 0.0112. The second kappa shape index (κ2) is 21.2. The van der Waals surface area contributed by atoms with Crippen LogP contribution in [0.2, 0.25) is 10.0 Å². The van der Waals surface area contributed by atoms with Crippen molar-refractivity contribution in [2.75, 3.05) is 0 Å². The zero-order chi connectivity index (χ0) is 49.8. The van der Waals surface area contributed by atoms with E-state index in [-0.39, 0.29) is 41.4 Å². The van der Waals surface area contributed by atoms with Crippen LogP contribution in [0.4, 0.5) is 39.9 Å². The number of benzene rings is 2. The molecule has 6 aromatic rings. The molecule has 1 saturated carbocycles. The first kappa shape index (κ1) is 52.8. The maximum atomic E-state index is 14.6. The lowest BCUT2D eigenvalue weighted by Crippen LogP contribution is -2.54. The Morgan fingerprint density at radius 1 is 0.691 bits per heavy atom. The Morgan fingerprint density at radius 2 is 1.12 bits per heavy atom. The summed E-state index contributed by atoms with van der Waals surface area (Å²) >= 11 is 14.6. The van der Waals surface area contributed by atoms with E-state index in [2.05, 4.69) is 35.3 Å². The first-order chi connectivity index (χ1) is 31.8. The number of hydrogen-bond donors (Lipinski definition) is 3. The van der Waals surface area contributed by atoms with Gasteiger partial charge in [-0.1, -0.05) is 36.0 Å². The number of pyridine rings is 2. The molecule has 0 unspecified atom stereocenters. The van der Waals surface area contributed by atoms with Gasteiger partial charge < -0.3 is 10.6 Å². The van der Waals surface area contributed by atoms with Gasteiger partial charge in [-0.15, -0.1) is 22.7 Å². The van der Waals surface area contributed by atoms with E-state index in [1.165, 1.54) is 59.3 Å². The fraction of sp³-hybridized carbons (Fsp3) is 0.370. The lowest BCUT2D eigenvalue weighted by Gasteiger charge is -2.36. The Balaban J connectivity index is 0.000000224. The quantitative estimate of drug-likeness (QED) is 0.105. The maximum absolute atomic E-state index is 14.6. The summed E-state index contributed by atoms with van der Waals surface area (Å²) in [7, 11) is -1.76. The number of carbonyl (C=O) groups is 1. The molecule has 7 rings (SSSR count). The number of nitrogens with zero attached hydrogens (tertiary/aromatic N) is 4. The van der Waals surface area contributed by atoms with E-state index < -0.39 is 68.0 Å². The Labute approximate surface area is 408 Å². The van der Waals surface area contributed by atoms with Gasteiger partial charge in [0.05, 0.1) is 58.3 Å². The van der Waals surface area contributed by atoms with E-state index in [0.29, 0.717) is 37.9 Å². The lowest BCUT2D eigenvalue weighted by molar-refractivity contribution is -0.138. The molecule has 1 aliphatic carbocycles. The minimum Gasteiger partial charge on any atom is -0.335 e. The van der Waals surface area contributed by atoms with Gasteiger partial charge in [0.25, 0.3) is 0 Å². The number of carbonyl (C=O) groups excluding carboxylic acids is 1. The van der Waals surface area contributed by atoms with E-state index in [1.54, 1.807) is 45.4 Å². The van der Waals surface area contributed by atoms with Crippen molar-refractivity contribution >= 4 is 62.9 Å². The molecule has 4 heterocycles. The molecule has 0 bridgehead atoms. The van der Waals surface area contributed by atoms with Gasteiger partial charge in [-0.25, -0.2) is 32.5 Å². The van der Waals surface area contributed by atoms with Gasteiger partial charge >= 0.3 is 18.4 Å². The Bertz CT molecular complexity index is 2730. The lowest BCUT2D eigenvalue weighted by atomic mass is 9.82. The van der Waals surface area contributed by atoms with Crippen LogP contribution in [0.1, 0.15) is 101 Å². The highest BCUT2D eigenvalue weighted by atomic mass is 35.5. The SMILES string of the molecule is Cc1csc(C[C@](NC(=O)NC2CCCC2)(c2cc(F)cc(C(F)(F)F)c2)c2ccc(Cl)cn2)n1.Cc1csc(C[C@](N[S@@](=O)C(C)(C)C)(c2cc(F)cc(C(F)(F)F)c2)c2ccc(Cl)cn2)n1. The number of aryl methyl sites for hydroxylation is 2. The topological polar surface area (TPSA) is 122 Å². The fourth-order valence-corrected chi connectivity index (χ4v) is 10.3. The van der Waals surface area contributed by atoms with Crippen LogP contribution in [0.5, 0.6) is 0 Å². The summed E-state index contributed by atoms with van der Waals surface area (Å²) < 4.78 is 126. The average molecular weight is 1050 g/mol. The molecule has 2 amide bonds. The predicted molar refractivity (Wildman–Crippen MR) is 249 cm³/mol. The third kappa shape index (κ3) is 13.2. The molecule has 2 aromatic carbocycles. The molecular formula is C46H45Cl2F8N7O2S3. The van der Waals surface area contributed by atoms with Gasteiger partial charge in [0.15, 0.2) is 0 Å². The standard InChI is InChI=1S/C24H23ClF4N4OS.C22H22ClF4N3OS2/c1-14-13-35-21(31-14)11-23(20-7-6-17(25)12-30-20,33-22(34)32-19-4-2-3-5-19)15-8-16(24(27,28)29)10-18(26)9-15;1-13-12-32-19(29-13)10-21(30-33(31)20(2,3)4,18-6-5-16(23)11-28-18)14-7-15(22(25,26)27)9-17(24)8-14/h6-10,12-13,19H,2-5,11H2,1H3,(H2,32,33,34);5-9,11-12,30H,10H2,1-4H3/t23-;21-,33-/m00/s1. The number of alkyl halides is 6. The van der Waals surface area contributed by atoms with Crippen LogP contribution < -0.4 is 15.4 Å². The molecule has 1 aliphatic rings. The van der Waals surface area contributed by atoms with Crippen molar-refractivity contribution in [1.29, 1.82) is 0 Å². The molecule has 4 aromatic heterocycles. The van der Waals surface area contributed by atoms with Crippen LogP contribution in [0, 0.1) is 25.5 Å². The molecule has 0 spiro atoms. The van der Waals surface area contributed by atoms with Crippen LogP contribution in [0.25, 0.3) is 0 Å². The molecule has 22 heteroatoms. The molecule has 3 N–H and O–H groups in total. The average Bonchev–Trinajstić information content (AvgIpc) is 4.02. The van der Waals surface area contributed by atoms with E-state index in [9.17, 15) is 44.1 Å². The number of hydrogen-bond acceptors (Lipinski definition) is 8. The molecule has 0 radical (unpaired) electrons. The van der Waals surface area contributed by atoms with Gasteiger partial charge in [0, 0.05) is 53.4 Å². The Morgan fingerprint density at radius 3 is 1.51 bits per heavy atom. The number of thiazole rings is 2. The maximum Gasteiger partial charge on any atom is 0.416 e. The summed E-state index contributed by atoms with van der Waals surface area (Å²) in [6, 6.07) is 9.98. The zero-order valence-electron chi connectivity index (χ0n) is 37.0. The summed E-state index contributed by atoms with van der Waals surface area (Å²) in [5, 5.41) is 11.0. The first-order valence-corrected chi connectivity index (χ1v) is 24.5. The second-order valence-corrected chi connectivity index (χ2v) is 21.9. The van der Waals surface area contributed by atoms with Gasteiger partial charge in [0.1, 0.15) is 22.7 Å². The van der Waals surface area contributed by atoms with Gasteiger partial charge in [0.2, 0.25) is 0 Å². The number of nitrogens with one attached hydrogen (secondary N) is 3. The molecule has 1 fully saturated rings. The fourth-order valence-electron chi connectivity index (χ4n) is 7.48. The largest absolute Gasteiger partial charge is 0.416 e. The summed E-state index contributed by atoms with van der Waals surface area (Å²) in [5.74, 6) is -2.15. The van der Waals surface area contributed by atoms with Crippen molar-refractivity contribution in [1.82, 2.24) is 35.3 Å². The number of halogens is 10. The predicted octanol–water partition coefficient (Wildman–Crippen LogP) is 12.6. The molecule has 0 saturated heterocycles. The third-order valence-corrected chi connectivity index (χ3v) is 14.8. The van der Waals surface area contributed by atoms with Crippen molar-refractivity contribution < 1.29 is 44.1 Å². The van der Waals surface area contributed by atoms with Crippen LogP contribution in [0.15, 0.2) is 83.8 Å². The van der Waals surface area contributed by atoms with Crippen LogP contribution in [-0.4, -0.2) is 41.0 Å². The molecule has 364 valence electrons. The number of aromatic nitrogens is 4. The minimum atomic E-state index is -4.79. The zero-order valence-corrected chi connectivity index (χ0v) is 41.0. The summed E-state index contributed by atoms with van der Waals surface area (Å²) in [4.78, 5) is 30.7. The van der Waals surface area contributed by atoms with Gasteiger partial charge in [-0.3, -0.25) is 9.97 Å². The van der Waals surface area contributed by atoms with Gasteiger partial charge in [-0.2, -0.15) is 26.3 Å². The van der Waals surface area contributed by atoms with E-state index in [4.69, 9.17) is 23.2 Å². The molecular weight excluding hydrogens is 1000 g/mol. The molecule has 3 atom stereocenters. The highest BCUT2D eigenvalue weighted by Crippen LogP contribution is 2.41. The van der Waals surface area contributed by atoms with E-state index >= 15 is 0 Å². The van der Waals surface area contributed by atoms with E-state index in [1.807, 2.05) is 0 Å². The van der Waals surface area contributed by atoms with Gasteiger partial charge in [-0.05, 0) is 119 Å². The monoisotopic (exact) mass is 1050 g/mol. The first-order valence-electron chi connectivity index (χ1n) is 20.9. The van der Waals surface area contributed by atoms with Crippen LogP contribution in [0.3, 0.4) is 0 Å². The smallest absolute Gasteiger partial charge is 0.335 e. The summed E-state index contributed by atoms with van der Waals surface area (Å²) in [5.41, 5.74) is -3.87. The van der Waals surface area contributed by atoms with Crippen molar-refractivity contribution in [3.8, 4) is 0 Å². The number of amides is 2. The highest BCUT2D eigenvalue weighted by Gasteiger charge is 2.44. The second-order valence-electron chi connectivity index (χ2n) is 17.2. The Hall–Kier alpha value is -4.60. The Kier molecular flexibility index (Phi) is 16.4. The number of rotatable bonds is 12. The van der Waals surface area contributed by atoms with Crippen LogP contribution >= 0.6 is 45.9 Å². The van der Waals surface area contributed by atoms with Crippen molar-refractivity contribution in [3.05, 3.63) is 161 Å². The van der Waals surface area contributed by atoms with Crippen molar-refractivity contribution in [2.24, 2.45) is 0 Å². The third-order valence-electron chi connectivity index (χ3n) is 10.8. The molecule has 9 nitrogen and oxygen atoms in total. The molecule has 0 aliphatic heterocycles. The number of urea groups is 1. The summed E-state index contributed by atoms with van der Waals surface area (Å²) in [6.07, 6.45) is -3.38. The van der Waals surface area contributed by atoms with Crippen LogP contribution in [-0.2, 0) is 47.3 Å². The normalized spacial score (nSPS) is 15.8. The summed E-state index contributed by atoms with van der Waals surface area (Å²) in [6.45, 7) is 8.72. The van der Waals surface area contributed by atoms with Crippen molar-refractivity contribution in [3.63, 3.8) is 0 Å². The molecule has 68 heavy (non-hydrogen) atoms. The van der Waals surface area contributed by atoms with E-state index in [0.717, 1.165) is 55.6 Å². The highest BCUT2D eigenvalue weighted by molar-refractivity contribution is 7.84.